The summed E-state index contributed by atoms with van der Waals surface area (Å²) in [5.74, 6) is -0.905. The maximum Gasteiger partial charge on any atom is 0.270 e. The molecule has 1 N–H and O–H groups in total. The normalized spacial score (nSPS) is 15.4. The Morgan fingerprint density at radius 3 is 2.36 bits per heavy atom. The Labute approximate surface area is 199 Å². The lowest BCUT2D eigenvalue weighted by Gasteiger charge is -2.30. The number of carbonyl (C=O) groups excluding carboxylic acids is 2. The van der Waals surface area contributed by atoms with Gasteiger partial charge in [-0.2, -0.15) is 0 Å². The highest BCUT2D eigenvalue weighted by Gasteiger charge is 2.35. The van der Waals surface area contributed by atoms with Crippen LogP contribution in [0.4, 0.5) is 5.69 Å². The summed E-state index contributed by atoms with van der Waals surface area (Å²) < 4.78 is 2.20. The molecular formula is C27H27N3O2S. The number of aromatic nitrogens is 1. The minimum atomic E-state index is -0.482. The fraction of sp³-hybridized carbons (Fsp3) is 0.222. The fourth-order valence-corrected chi connectivity index (χ4v) is 4.72. The predicted octanol–water partition coefficient (Wildman–Crippen LogP) is 5.10. The van der Waals surface area contributed by atoms with E-state index in [4.69, 9.17) is 12.2 Å². The number of anilines is 1. The Kier molecular flexibility index (Phi) is 6.04. The van der Waals surface area contributed by atoms with Crippen LogP contribution in [0.25, 0.3) is 11.8 Å². The highest BCUT2D eigenvalue weighted by atomic mass is 32.1. The lowest BCUT2D eigenvalue weighted by Crippen LogP contribution is -2.54. The van der Waals surface area contributed by atoms with Crippen molar-refractivity contribution in [3.05, 3.63) is 87.7 Å². The molecule has 0 spiro atoms. The van der Waals surface area contributed by atoms with Gasteiger partial charge < -0.3 is 4.57 Å². The highest BCUT2D eigenvalue weighted by molar-refractivity contribution is 7.80. The first kappa shape index (κ1) is 22.7. The summed E-state index contributed by atoms with van der Waals surface area (Å²) in [6.45, 7) is 10.2. The molecule has 1 saturated heterocycles. The number of nitrogens with zero attached hydrogens (tertiary/aromatic N) is 2. The van der Waals surface area contributed by atoms with E-state index < -0.39 is 11.8 Å². The quantitative estimate of drug-likeness (QED) is 0.337. The van der Waals surface area contributed by atoms with E-state index in [2.05, 4.69) is 41.9 Å². The summed E-state index contributed by atoms with van der Waals surface area (Å²) in [5.41, 5.74) is 8.04. The standard InChI is InChI=1S/C27H27N3O2S/c1-6-20-12-9-11-17(3)24(20)29-18(4)14-21(19(29)5)15-22-25(31)28-27(33)30(26(22)32)23-13-8-7-10-16(23)2/h7-15H,6H2,1-5H3,(H,28,31,33)/b22-15+. The predicted molar refractivity (Wildman–Crippen MR) is 137 cm³/mol. The summed E-state index contributed by atoms with van der Waals surface area (Å²) in [5, 5.41) is 2.77. The molecule has 2 heterocycles. The molecule has 1 fully saturated rings. The third-order valence-electron chi connectivity index (χ3n) is 6.15. The number of amides is 2. The van der Waals surface area contributed by atoms with Crippen LogP contribution >= 0.6 is 12.2 Å². The lowest BCUT2D eigenvalue weighted by molar-refractivity contribution is -0.122. The van der Waals surface area contributed by atoms with Crippen LogP contribution in [0, 0.1) is 27.7 Å². The Balaban J connectivity index is 1.82. The molecule has 168 valence electrons. The van der Waals surface area contributed by atoms with Gasteiger partial charge in [-0.05, 0) is 86.8 Å². The van der Waals surface area contributed by atoms with Crippen molar-refractivity contribution in [1.82, 2.24) is 9.88 Å². The van der Waals surface area contributed by atoms with Crippen molar-refractivity contribution in [2.45, 2.75) is 41.0 Å². The van der Waals surface area contributed by atoms with E-state index in [0.717, 1.165) is 34.6 Å². The molecule has 0 unspecified atom stereocenters. The van der Waals surface area contributed by atoms with E-state index in [-0.39, 0.29) is 10.7 Å². The molecule has 3 aromatic rings. The zero-order chi connectivity index (χ0) is 23.9. The van der Waals surface area contributed by atoms with E-state index >= 15 is 0 Å². The van der Waals surface area contributed by atoms with E-state index in [1.165, 1.54) is 16.0 Å². The number of thiocarbonyl (C=S) groups is 1. The van der Waals surface area contributed by atoms with Crippen molar-refractivity contribution in [3.8, 4) is 5.69 Å². The first-order valence-corrected chi connectivity index (χ1v) is 11.4. The number of benzene rings is 2. The molecule has 6 heteroatoms. The summed E-state index contributed by atoms with van der Waals surface area (Å²) in [6, 6.07) is 15.8. The van der Waals surface area contributed by atoms with Crippen LogP contribution in [0.1, 0.15) is 40.6 Å². The monoisotopic (exact) mass is 457 g/mol. The third kappa shape index (κ3) is 3.91. The summed E-state index contributed by atoms with van der Waals surface area (Å²) in [6.07, 6.45) is 2.58. The second-order valence-corrected chi connectivity index (χ2v) is 8.73. The first-order chi connectivity index (χ1) is 15.7. The van der Waals surface area contributed by atoms with Gasteiger partial charge in [0.2, 0.25) is 0 Å². The molecule has 0 bridgehead atoms. The van der Waals surface area contributed by atoms with Crippen molar-refractivity contribution in [2.24, 2.45) is 0 Å². The number of carbonyl (C=O) groups is 2. The molecule has 2 aromatic carbocycles. The Hall–Kier alpha value is -3.51. The van der Waals surface area contributed by atoms with Crippen LogP contribution in [0.15, 0.2) is 54.1 Å². The molecule has 0 radical (unpaired) electrons. The second-order valence-electron chi connectivity index (χ2n) is 8.34. The SMILES string of the molecule is CCc1cccc(C)c1-n1c(C)cc(/C=C2\C(=O)NC(=S)N(c3ccccc3C)C2=O)c1C. The molecule has 0 saturated carbocycles. The average Bonchev–Trinajstić information content (AvgIpc) is 3.05. The topological polar surface area (TPSA) is 54.3 Å². The van der Waals surface area contributed by atoms with Gasteiger partial charge in [0.25, 0.3) is 11.8 Å². The molecule has 1 aromatic heterocycles. The van der Waals surface area contributed by atoms with E-state index in [1.54, 1.807) is 6.08 Å². The number of rotatable bonds is 4. The van der Waals surface area contributed by atoms with Crippen molar-refractivity contribution >= 4 is 40.9 Å². The number of aryl methyl sites for hydroxylation is 4. The first-order valence-electron chi connectivity index (χ1n) is 11.0. The van der Waals surface area contributed by atoms with Crippen LogP contribution in [-0.4, -0.2) is 21.5 Å². The van der Waals surface area contributed by atoms with Crippen molar-refractivity contribution in [3.63, 3.8) is 0 Å². The summed E-state index contributed by atoms with van der Waals surface area (Å²) in [7, 11) is 0. The van der Waals surface area contributed by atoms with Gasteiger partial charge in [-0.1, -0.05) is 43.3 Å². The zero-order valence-corrected chi connectivity index (χ0v) is 20.3. The fourth-order valence-electron chi connectivity index (χ4n) is 4.45. The van der Waals surface area contributed by atoms with Gasteiger partial charge in [-0.15, -0.1) is 0 Å². The van der Waals surface area contributed by atoms with E-state index in [0.29, 0.717) is 5.69 Å². The summed E-state index contributed by atoms with van der Waals surface area (Å²) >= 11 is 5.34. The molecule has 0 aliphatic carbocycles. The van der Waals surface area contributed by atoms with Crippen LogP contribution < -0.4 is 10.2 Å². The van der Waals surface area contributed by atoms with Crippen molar-refractivity contribution in [2.75, 3.05) is 4.90 Å². The molecule has 4 rings (SSSR count). The van der Waals surface area contributed by atoms with Crippen LogP contribution in [-0.2, 0) is 16.0 Å². The molecule has 0 atom stereocenters. The van der Waals surface area contributed by atoms with Crippen molar-refractivity contribution in [1.29, 1.82) is 0 Å². The smallest absolute Gasteiger partial charge is 0.270 e. The van der Waals surface area contributed by atoms with Gasteiger partial charge >= 0.3 is 0 Å². The van der Waals surface area contributed by atoms with E-state index in [9.17, 15) is 9.59 Å². The zero-order valence-electron chi connectivity index (χ0n) is 19.5. The van der Waals surface area contributed by atoms with Gasteiger partial charge in [0.1, 0.15) is 5.57 Å². The largest absolute Gasteiger partial charge is 0.317 e. The second kappa shape index (κ2) is 8.79. The number of hydrogen-bond acceptors (Lipinski definition) is 3. The van der Waals surface area contributed by atoms with Gasteiger partial charge in [-0.25, -0.2) is 0 Å². The molecule has 2 amide bonds. The highest BCUT2D eigenvalue weighted by Crippen LogP contribution is 2.29. The maximum absolute atomic E-state index is 13.4. The Morgan fingerprint density at radius 2 is 1.67 bits per heavy atom. The lowest BCUT2D eigenvalue weighted by atomic mass is 10.0. The van der Waals surface area contributed by atoms with Gasteiger partial charge in [0.05, 0.1) is 11.4 Å². The minimum Gasteiger partial charge on any atom is -0.317 e. The van der Waals surface area contributed by atoms with Crippen LogP contribution in [0.3, 0.4) is 0 Å². The number of hydrogen-bond donors (Lipinski definition) is 1. The molecular weight excluding hydrogens is 430 g/mol. The Bertz CT molecular complexity index is 1330. The summed E-state index contributed by atoms with van der Waals surface area (Å²) in [4.78, 5) is 27.6. The van der Waals surface area contributed by atoms with E-state index in [1.807, 2.05) is 51.1 Å². The molecule has 1 aliphatic rings. The van der Waals surface area contributed by atoms with Gasteiger partial charge in [-0.3, -0.25) is 19.8 Å². The van der Waals surface area contributed by atoms with Gasteiger partial charge in [0, 0.05) is 11.4 Å². The van der Waals surface area contributed by atoms with Gasteiger partial charge in [0.15, 0.2) is 5.11 Å². The number of para-hydroxylation sites is 2. The average molecular weight is 458 g/mol. The van der Waals surface area contributed by atoms with Crippen LogP contribution in [0.2, 0.25) is 0 Å². The van der Waals surface area contributed by atoms with Crippen molar-refractivity contribution < 1.29 is 9.59 Å². The molecule has 33 heavy (non-hydrogen) atoms. The minimum absolute atomic E-state index is 0.0626. The number of nitrogens with one attached hydrogen (secondary N) is 1. The Morgan fingerprint density at radius 1 is 0.970 bits per heavy atom. The maximum atomic E-state index is 13.4. The van der Waals surface area contributed by atoms with Crippen LogP contribution in [0.5, 0.6) is 0 Å². The molecule has 1 aliphatic heterocycles. The third-order valence-corrected chi connectivity index (χ3v) is 6.44. The molecule has 5 nitrogen and oxygen atoms in total.